The summed E-state index contributed by atoms with van der Waals surface area (Å²) in [5, 5.41) is 10.4. The van der Waals surface area contributed by atoms with E-state index in [1.165, 1.54) is 11.3 Å². The lowest BCUT2D eigenvalue weighted by atomic mass is 10.2. The molecule has 0 radical (unpaired) electrons. The van der Waals surface area contributed by atoms with Crippen molar-refractivity contribution in [3.63, 3.8) is 0 Å². The minimum Gasteiger partial charge on any atom is -0.482 e. The number of benzene rings is 2. The van der Waals surface area contributed by atoms with Gasteiger partial charge >= 0.3 is 0 Å². The molecule has 1 heterocycles. The largest absolute Gasteiger partial charge is 0.482 e. The molecule has 0 atom stereocenters. The maximum atomic E-state index is 12.2. The Kier molecular flexibility index (Phi) is 8.03. The molecule has 0 spiro atoms. The van der Waals surface area contributed by atoms with Crippen LogP contribution >= 0.6 is 22.9 Å². The third-order valence-electron chi connectivity index (χ3n) is 4.07. The number of carbonyl (C=O) groups is 3. The Labute approximate surface area is 188 Å². The summed E-state index contributed by atoms with van der Waals surface area (Å²) in [6, 6.07) is 16.9. The summed E-state index contributed by atoms with van der Waals surface area (Å²) < 4.78 is 5.39. The number of anilines is 1. The fourth-order valence-corrected chi connectivity index (χ4v) is 3.39. The van der Waals surface area contributed by atoms with Gasteiger partial charge in [-0.3, -0.25) is 14.4 Å². The average molecular weight is 458 g/mol. The van der Waals surface area contributed by atoms with E-state index in [9.17, 15) is 14.4 Å². The SMILES string of the molecule is O=C(COc1ccccc1Cl)Nc1ccc(C(=O)NCCNC(=O)c2cccs2)cc1. The van der Waals surface area contributed by atoms with Gasteiger partial charge in [0.25, 0.3) is 17.7 Å². The monoisotopic (exact) mass is 457 g/mol. The van der Waals surface area contributed by atoms with Crippen LogP contribution in [0.1, 0.15) is 20.0 Å². The Bertz CT molecular complexity index is 1040. The molecule has 2 aromatic carbocycles. The summed E-state index contributed by atoms with van der Waals surface area (Å²) >= 11 is 7.34. The highest BCUT2D eigenvalue weighted by Gasteiger charge is 2.09. The Morgan fingerprint density at radius 2 is 1.58 bits per heavy atom. The second-order valence-corrected chi connectivity index (χ2v) is 7.69. The van der Waals surface area contributed by atoms with Crippen molar-refractivity contribution in [1.29, 1.82) is 0 Å². The van der Waals surface area contributed by atoms with Crippen LogP contribution in [-0.4, -0.2) is 37.4 Å². The zero-order valence-corrected chi connectivity index (χ0v) is 18.0. The first-order chi connectivity index (χ1) is 15.0. The molecule has 0 unspecified atom stereocenters. The van der Waals surface area contributed by atoms with Gasteiger partial charge in [-0.05, 0) is 47.8 Å². The van der Waals surface area contributed by atoms with Crippen molar-refractivity contribution in [3.8, 4) is 5.75 Å². The second kappa shape index (κ2) is 11.1. The molecule has 3 N–H and O–H groups in total. The Morgan fingerprint density at radius 1 is 0.871 bits per heavy atom. The van der Waals surface area contributed by atoms with E-state index in [4.69, 9.17) is 16.3 Å². The number of halogens is 1. The molecule has 160 valence electrons. The number of rotatable bonds is 9. The number of hydrogen-bond acceptors (Lipinski definition) is 5. The molecule has 0 aliphatic carbocycles. The van der Waals surface area contributed by atoms with Gasteiger partial charge in [-0.1, -0.05) is 29.8 Å². The van der Waals surface area contributed by atoms with Gasteiger partial charge in [0.2, 0.25) is 0 Å². The van der Waals surface area contributed by atoms with Crippen LogP contribution in [0, 0.1) is 0 Å². The van der Waals surface area contributed by atoms with Crippen molar-refractivity contribution in [2.75, 3.05) is 25.0 Å². The van der Waals surface area contributed by atoms with Crippen LogP contribution in [0.4, 0.5) is 5.69 Å². The van der Waals surface area contributed by atoms with Gasteiger partial charge in [0.05, 0.1) is 9.90 Å². The Hall–Kier alpha value is -3.36. The minimum absolute atomic E-state index is 0.164. The van der Waals surface area contributed by atoms with Gasteiger partial charge in [-0.25, -0.2) is 0 Å². The Morgan fingerprint density at radius 3 is 2.26 bits per heavy atom. The normalized spacial score (nSPS) is 10.2. The summed E-state index contributed by atoms with van der Waals surface area (Å²) in [6.07, 6.45) is 0. The lowest BCUT2D eigenvalue weighted by molar-refractivity contribution is -0.118. The van der Waals surface area contributed by atoms with E-state index < -0.39 is 0 Å². The summed E-state index contributed by atoms with van der Waals surface area (Å²) in [5.41, 5.74) is 0.974. The third-order valence-corrected chi connectivity index (χ3v) is 5.25. The van der Waals surface area contributed by atoms with Gasteiger partial charge in [-0.15, -0.1) is 11.3 Å². The highest BCUT2D eigenvalue weighted by molar-refractivity contribution is 7.12. The van der Waals surface area contributed by atoms with Crippen LogP contribution in [0.5, 0.6) is 5.75 Å². The Balaban J connectivity index is 1.39. The van der Waals surface area contributed by atoms with Gasteiger partial charge < -0.3 is 20.7 Å². The van der Waals surface area contributed by atoms with E-state index in [2.05, 4.69) is 16.0 Å². The average Bonchev–Trinajstić information content (AvgIpc) is 3.31. The van der Waals surface area contributed by atoms with E-state index >= 15 is 0 Å². The van der Waals surface area contributed by atoms with Crippen LogP contribution in [0.2, 0.25) is 5.02 Å². The van der Waals surface area contributed by atoms with E-state index in [0.29, 0.717) is 40.0 Å². The molecule has 0 saturated heterocycles. The van der Waals surface area contributed by atoms with Gasteiger partial charge in [0.15, 0.2) is 6.61 Å². The third kappa shape index (κ3) is 6.84. The molecule has 1 aromatic heterocycles. The fraction of sp³-hybridized carbons (Fsp3) is 0.136. The lowest BCUT2D eigenvalue weighted by Gasteiger charge is -2.09. The predicted molar refractivity (Wildman–Crippen MR) is 121 cm³/mol. The van der Waals surface area contributed by atoms with Crippen LogP contribution in [0.3, 0.4) is 0 Å². The smallest absolute Gasteiger partial charge is 0.262 e. The molecule has 0 aliphatic heterocycles. The second-order valence-electron chi connectivity index (χ2n) is 6.33. The molecule has 0 fully saturated rings. The molecular formula is C22H20ClN3O4S. The maximum absolute atomic E-state index is 12.2. The predicted octanol–water partition coefficient (Wildman–Crippen LogP) is 3.58. The zero-order chi connectivity index (χ0) is 22.1. The summed E-state index contributed by atoms with van der Waals surface area (Å²) in [5.74, 6) is -0.357. The van der Waals surface area contributed by atoms with Gasteiger partial charge in [0.1, 0.15) is 5.75 Å². The van der Waals surface area contributed by atoms with Crippen LogP contribution in [0.15, 0.2) is 66.0 Å². The van der Waals surface area contributed by atoms with Gasteiger partial charge in [-0.2, -0.15) is 0 Å². The number of thiophene rings is 1. The number of nitrogens with one attached hydrogen (secondary N) is 3. The summed E-state index contributed by atoms with van der Waals surface area (Å²) in [4.78, 5) is 36.7. The molecular weight excluding hydrogens is 438 g/mol. The lowest BCUT2D eigenvalue weighted by Crippen LogP contribution is -2.34. The van der Waals surface area contributed by atoms with Crippen molar-refractivity contribution in [2.45, 2.75) is 0 Å². The molecule has 3 rings (SSSR count). The number of carbonyl (C=O) groups excluding carboxylic acids is 3. The maximum Gasteiger partial charge on any atom is 0.262 e. The number of ether oxygens (including phenoxy) is 1. The highest BCUT2D eigenvalue weighted by Crippen LogP contribution is 2.23. The van der Waals surface area contributed by atoms with Crippen molar-refractivity contribution >= 4 is 46.3 Å². The van der Waals surface area contributed by atoms with Crippen molar-refractivity contribution < 1.29 is 19.1 Å². The van der Waals surface area contributed by atoms with E-state index in [1.807, 2.05) is 5.38 Å². The van der Waals surface area contributed by atoms with E-state index in [0.717, 1.165) is 0 Å². The molecule has 7 nitrogen and oxygen atoms in total. The number of amides is 3. The summed E-state index contributed by atoms with van der Waals surface area (Å²) in [7, 11) is 0. The molecule has 31 heavy (non-hydrogen) atoms. The standard InChI is InChI=1S/C22H20ClN3O4S/c23-17-4-1-2-5-18(17)30-14-20(27)26-16-9-7-15(8-10-16)21(28)24-11-12-25-22(29)19-6-3-13-31-19/h1-10,13H,11-12,14H2,(H,24,28)(H,25,29)(H,26,27). The first-order valence-corrected chi connectivity index (χ1v) is 10.7. The van der Waals surface area contributed by atoms with Crippen molar-refractivity contribution in [2.24, 2.45) is 0 Å². The van der Waals surface area contributed by atoms with Crippen molar-refractivity contribution in [1.82, 2.24) is 10.6 Å². The quantitative estimate of drug-likeness (QED) is 0.428. The van der Waals surface area contributed by atoms with Crippen LogP contribution in [0.25, 0.3) is 0 Å². The van der Waals surface area contributed by atoms with Crippen LogP contribution < -0.4 is 20.7 Å². The molecule has 0 bridgehead atoms. The molecule has 0 aliphatic rings. The first kappa shape index (κ1) is 22.3. The van der Waals surface area contributed by atoms with Crippen LogP contribution in [-0.2, 0) is 4.79 Å². The first-order valence-electron chi connectivity index (χ1n) is 9.40. The highest BCUT2D eigenvalue weighted by atomic mass is 35.5. The van der Waals surface area contributed by atoms with E-state index in [1.54, 1.807) is 60.7 Å². The number of hydrogen-bond donors (Lipinski definition) is 3. The van der Waals surface area contributed by atoms with Gasteiger partial charge in [0, 0.05) is 24.3 Å². The molecule has 3 amide bonds. The fourth-order valence-electron chi connectivity index (χ4n) is 2.56. The summed E-state index contributed by atoms with van der Waals surface area (Å²) in [6.45, 7) is 0.430. The van der Waals surface area contributed by atoms with Crippen molar-refractivity contribution in [3.05, 3.63) is 81.5 Å². The molecule has 3 aromatic rings. The van der Waals surface area contributed by atoms with E-state index in [-0.39, 0.29) is 24.3 Å². The molecule has 9 heteroatoms. The number of para-hydroxylation sites is 1. The minimum atomic E-state index is -0.349. The topological polar surface area (TPSA) is 96.5 Å². The molecule has 0 saturated carbocycles. The zero-order valence-electron chi connectivity index (χ0n) is 16.4.